The molecular weight excluding hydrogens is 1240 g/mol. The second kappa shape index (κ2) is 42.2. The van der Waals surface area contributed by atoms with Crippen molar-refractivity contribution < 1.29 is 67.4 Å². The lowest BCUT2D eigenvalue weighted by molar-refractivity contribution is -0.157. The van der Waals surface area contributed by atoms with E-state index in [-0.39, 0.29) is 116 Å². The van der Waals surface area contributed by atoms with Crippen molar-refractivity contribution in [2.45, 2.75) is 230 Å². The first-order chi connectivity index (χ1) is 45.0. The Balaban J connectivity index is 3.50. The topological polar surface area (TPSA) is 284 Å². The first kappa shape index (κ1) is 89.0. The van der Waals surface area contributed by atoms with Gasteiger partial charge in [0.25, 0.3) is 0 Å². The summed E-state index contributed by atoms with van der Waals surface area (Å²) in [5, 5.41) is 17.8. The fourth-order valence-electron chi connectivity index (χ4n) is 12.7. The SMILES string of the molecule is C/C=C/C[C@@H](C)[C@@H](O)[C@@H](C(=O)N[C@@H](CC)C(=O)N(C)[C@H](C)C(C)=O)N(C)C(=O)[C@H](C(C)C)N(C)C(=O)[C@H](CC(C)C)N(C)C(=O)[C@H](CC(C)C)N(C)C(=O)[C@@H](C)CC(=O)[C@H](C)CC(=O)[C@H](CC(C)C)N(C)C(=O)[C@@H](CC(=O)[C@@H](NC)[C@H](C)COCC(=O)N1CCN(C)CC1)C(C)C. The third-order valence-electron chi connectivity index (χ3n) is 19.6. The number of rotatable bonds is 43. The van der Waals surface area contributed by atoms with E-state index < -0.39 is 119 Å². The lowest BCUT2D eigenvalue weighted by atomic mass is 9.84. The van der Waals surface area contributed by atoms with Gasteiger partial charge in [-0.05, 0) is 102 Å². The minimum absolute atomic E-state index is 0.0327. The molecular formula is C73H130N10O14. The van der Waals surface area contributed by atoms with Gasteiger partial charge in [-0.25, -0.2) is 0 Å². The molecule has 556 valence electrons. The largest absolute Gasteiger partial charge is 0.390 e. The number of nitrogens with zero attached hydrogens (tertiary/aromatic N) is 8. The maximum absolute atomic E-state index is 15.2. The summed E-state index contributed by atoms with van der Waals surface area (Å²) in [6.07, 6.45) is 2.69. The normalized spacial score (nSPS) is 17.4. The molecule has 0 aliphatic carbocycles. The fraction of sp³-hybridized carbons (Fsp3) is 0.808. The number of carbonyl (C=O) groups is 12. The van der Waals surface area contributed by atoms with E-state index in [2.05, 4.69) is 15.5 Å². The molecule has 8 amide bonds. The van der Waals surface area contributed by atoms with E-state index in [1.165, 1.54) is 66.7 Å². The van der Waals surface area contributed by atoms with Crippen molar-refractivity contribution in [1.82, 2.24) is 49.8 Å². The van der Waals surface area contributed by atoms with E-state index in [1.54, 1.807) is 73.5 Å². The molecule has 1 aliphatic heterocycles. The highest BCUT2D eigenvalue weighted by atomic mass is 16.5. The van der Waals surface area contributed by atoms with Crippen molar-refractivity contribution in [3.63, 3.8) is 0 Å². The molecule has 1 fully saturated rings. The van der Waals surface area contributed by atoms with Crippen molar-refractivity contribution in [3.8, 4) is 0 Å². The minimum Gasteiger partial charge on any atom is -0.390 e. The van der Waals surface area contributed by atoms with Gasteiger partial charge in [-0.2, -0.15) is 0 Å². The number of likely N-dealkylation sites (N-methyl/N-ethyl adjacent to an activating group) is 8. The van der Waals surface area contributed by atoms with Crippen LogP contribution >= 0.6 is 0 Å². The van der Waals surface area contributed by atoms with Crippen molar-refractivity contribution in [2.24, 2.45) is 59.2 Å². The number of hydrogen-bond acceptors (Lipinski definition) is 16. The molecule has 1 heterocycles. The average Bonchev–Trinajstić information content (AvgIpc) is 0.813. The van der Waals surface area contributed by atoms with Gasteiger partial charge in [0.2, 0.25) is 47.3 Å². The number of allylic oxidation sites excluding steroid dienone is 2. The van der Waals surface area contributed by atoms with Crippen molar-refractivity contribution in [1.29, 1.82) is 0 Å². The fourth-order valence-corrected chi connectivity index (χ4v) is 12.7. The Labute approximate surface area is 582 Å². The maximum atomic E-state index is 15.2. The van der Waals surface area contributed by atoms with Crippen LogP contribution in [0, 0.1) is 59.2 Å². The van der Waals surface area contributed by atoms with Crippen LogP contribution in [0.3, 0.4) is 0 Å². The van der Waals surface area contributed by atoms with E-state index in [1.807, 2.05) is 82.4 Å². The molecule has 0 aromatic rings. The van der Waals surface area contributed by atoms with Gasteiger partial charge >= 0.3 is 0 Å². The zero-order valence-electron chi connectivity index (χ0n) is 64.4. The molecule has 1 saturated heterocycles. The summed E-state index contributed by atoms with van der Waals surface area (Å²) in [5.74, 6) is -9.99. The highest BCUT2D eigenvalue weighted by Gasteiger charge is 2.46. The molecule has 1 aliphatic rings. The number of aliphatic hydroxyl groups excluding tert-OH is 1. The monoisotopic (exact) mass is 1370 g/mol. The summed E-state index contributed by atoms with van der Waals surface area (Å²) in [6.45, 7) is 34.7. The molecule has 14 atom stereocenters. The van der Waals surface area contributed by atoms with Crippen LogP contribution < -0.4 is 10.6 Å². The van der Waals surface area contributed by atoms with Gasteiger partial charge in [-0.3, -0.25) is 57.5 Å². The second-order valence-corrected chi connectivity index (χ2v) is 29.9. The maximum Gasteiger partial charge on any atom is 0.248 e. The van der Waals surface area contributed by atoms with Crippen LogP contribution in [-0.4, -0.2) is 265 Å². The Hall–Kier alpha value is -5.98. The van der Waals surface area contributed by atoms with Crippen LogP contribution in [0.4, 0.5) is 0 Å². The van der Waals surface area contributed by atoms with Gasteiger partial charge in [0.05, 0.1) is 30.8 Å². The van der Waals surface area contributed by atoms with Gasteiger partial charge in [0.15, 0.2) is 17.3 Å². The molecule has 24 heteroatoms. The molecule has 0 bridgehead atoms. The minimum atomic E-state index is -1.54. The molecule has 0 radical (unpaired) electrons. The Morgan fingerprint density at radius 3 is 1.47 bits per heavy atom. The summed E-state index contributed by atoms with van der Waals surface area (Å²) < 4.78 is 5.82. The lowest BCUT2D eigenvalue weighted by Gasteiger charge is -2.41. The van der Waals surface area contributed by atoms with Gasteiger partial charge < -0.3 is 59.7 Å². The number of carbonyl (C=O) groups excluding carboxylic acids is 12. The van der Waals surface area contributed by atoms with Crippen LogP contribution in [0.2, 0.25) is 0 Å². The van der Waals surface area contributed by atoms with E-state index in [0.29, 0.717) is 25.9 Å². The second-order valence-electron chi connectivity index (χ2n) is 29.9. The van der Waals surface area contributed by atoms with Crippen LogP contribution in [0.15, 0.2) is 12.2 Å². The smallest absolute Gasteiger partial charge is 0.248 e. The third kappa shape index (κ3) is 26.6. The van der Waals surface area contributed by atoms with Crippen LogP contribution in [0.5, 0.6) is 0 Å². The van der Waals surface area contributed by atoms with Crippen LogP contribution in [0.25, 0.3) is 0 Å². The molecule has 0 aromatic heterocycles. The number of hydrogen-bond donors (Lipinski definition) is 3. The highest BCUT2D eigenvalue weighted by molar-refractivity contribution is 5.99. The quantitative estimate of drug-likeness (QED) is 0.0622. The molecule has 0 spiro atoms. The zero-order valence-corrected chi connectivity index (χ0v) is 64.4. The highest BCUT2D eigenvalue weighted by Crippen LogP contribution is 2.29. The van der Waals surface area contributed by atoms with Crippen molar-refractivity contribution in [3.05, 3.63) is 12.2 Å². The standard InChI is InChI=1S/C73H130N10O14/c1-27-29-30-48(13)66(89)65(67(90)75-55(28-2)70(93)77(21)52(17)53(18)84)82(26)73(96)64(47(11)12)81(25)72(95)58(37-45(7)8)80(24)71(94)57(36-44(5)6)79(23)68(91)50(15)39-59(85)49(14)38-60(86)56(35-43(3)4)78(22)69(92)54(46(9)10)40-61(87)63(74-19)51(16)41-97-42-62(88)83-33-31-76(20)32-34-83/h27,29,43-52,54-58,63-66,74,89H,28,30-42H2,1-26H3,(H,75,90)/b29-27+/t48-,49-,50+,51-,52-,54+,55+,56+,57+,58+,63+,64+,65+,66-/m1/s1. The van der Waals surface area contributed by atoms with E-state index in [4.69, 9.17) is 4.74 Å². The summed E-state index contributed by atoms with van der Waals surface area (Å²) >= 11 is 0. The Bertz CT molecular complexity index is 2640. The number of amides is 8. The first-order valence-corrected chi connectivity index (χ1v) is 35.5. The summed E-state index contributed by atoms with van der Waals surface area (Å²) in [5.41, 5.74) is 0. The number of piperazine rings is 1. The number of nitrogens with one attached hydrogen (secondary N) is 2. The first-order valence-electron chi connectivity index (χ1n) is 35.5. The van der Waals surface area contributed by atoms with E-state index in [0.717, 1.165) is 18.0 Å². The molecule has 97 heavy (non-hydrogen) atoms. The van der Waals surface area contributed by atoms with Gasteiger partial charge in [-0.15, -0.1) is 0 Å². The summed E-state index contributed by atoms with van der Waals surface area (Å²) in [4.78, 5) is 182. The molecule has 3 N–H and O–H groups in total. The lowest BCUT2D eigenvalue weighted by Crippen LogP contribution is -2.63. The number of Topliss-reactive ketones (excluding diaryl/α,β-unsaturated/α-hetero) is 4. The third-order valence-corrected chi connectivity index (χ3v) is 19.6. The van der Waals surface area contributed by atoms with E-state index >= 15 is 14.4 Å². The number of ketones is 4. The van der Waals surface area contributed by atoms with Gasteiger partial charge in [0.1, 0.15) is 42.6 Å². The number of ether oxygens (including phenoxy) is 1. The van der Waals surface area contributed by atoms with Crippen molar-refractivity contribution in [2.75, 3.05) is 95.8 Å². The zero-order chi connectivity index (χ0) is 75.0. The van der Waals surface area contributed by atoms with Crippen LogP contribution in [0.1, 0.15) is 176 Å². The predicted octanol–water partition coefficient (Wildman–Crippen LogP) is 5.65. The van der Waals surface area contributed by atoms with Crippen LogP contribution in [-0.2, 0) is 62.3 Å². The molecule has 24 nitrogen and oxygen atoms in total. The average molecular weight is 1370 g/mol. The summed E-state index contributed by atoms with van der Waals surface area (Å²) in [6, 6.07) is -8.51. The molecule has 0 unspecified atom stereocenters. The van der Waals surface area contributed by atoms with Gasteiger partial charge in [0, 0.05) is 111 Å². The summed E-state index contributed by atoms with van der Waals surface area (Å²) in [7, 11) is 12.5. The predicted molar refractivity (Wildman–Crippen MR) is 378 cm³/mol. The number of aliphatic hydroxyl groups is 1. The Morgan fingerprint density at radius 1 is 0.536 bits per heavy atom. The Morgan fingerprint density at radius 2 is 1.01 bits per heavy atom. The molecule has 0 aromatic carbocycles. The molecule has 1 rings (SSSR count). The van der Waals surface area contributed by atoms with Crippen molar-refractivity contribution >= 4 is 70.4 Å². The Kier molecular flexibility index (Phi) is 38.7. The molecule has 0 saturated carbocycles. The van der Waals surface area contributed by atoms with Gasteiger partial charge in [-0.1, -0.05) is 116 Å². The van der Waals surface area contributed by atoms with E-state index in [9.17, 15) is 48.3 Å².